The third kappa shape index (κ3) is 3.65. The monoisotopic (exact) mass is 338 g/mol. The quantitative estimate of drug-likeness (QED) is 0.864. The van der Waals surface area contributed by atoms with Gasteiger partial charge in [0.1, 0.15) is 5.75 Å². The fourth-order valence-electron chi connectivity index (χ4n) is 2.86. The van der Waals surface area contributed by atoms with Crippen LogP contribution in [0.5, 0.6) is 5.75 Å². The van der Waals surface area contributed by atoms with Crippen LogP contribution in [-0.2, 0) is 16.0 Å². The maximum atomic E-state index is 12.9. The lowest BCUT2D eigenvalue weighted by Gasteiger charge is -2.35. The molecule has 0 bridgehead atoms. The summed E-state index contributed by atoms with van der Waals surface area (Å²) < 4.78 is 5.82. The summed E-state index contributed by atoms with van der Waals surface area (Å²) in [4.78, 5) is 28.4. The minimum atomic E-state index is -0.688. The molecule has 1 aliphatic rings. The van der Waals surface area contributed by atoms with E-state index >= 15 is 0 Å². The number of hydrogen-bond donors (Lipinski definition) is 0. The number of carbonyl (C=O) groups excluding carboxylic acids is 2. The van der Waals surface area contributed by atoms with Gasteiger partial charge in [-0.1, -0.05) is 42.0 Å². The van der Waals surface area contributed by atoms with Gasteiger partial charge in [0.2, 0.25) is 5.91 Å². The van der Waals surface area contributed by atoms with Crippen LogP contribution in [0, 0.1) is 6.92 Å². The Morgan fingerprint density at radius 3 is 2.48 bits per heavy atom. The maximum Gasteiger partial charge on any atom is 0.265 e. The molecule has 0 saturated heterocycles. The molecule has 3 rings (SSSR count). The molecule has 1 aliphatic heterocycles. The van der Waals surface area contributed by atoms with Crippen molar-refractivity contribution in [2.24, 2.45) is 0 Å². The molecule has 2 aromatic rings. The van der Waals surface area contributed by atoms with Gasteiger partial charge in [0.25, 0.3) is 5.91 Å². The lowest BCUT2D eigenvalue weighted by Crippen LogP contribution is -2.50. The first-order valence-corrected chi connectivity index (χ1v) is 8.28. The predicted molar refractivity (Wildman–Crippen MR) is 96.8 cm³/mol. The molecule has 5 heteroatoms. The van der Waals surface area contributed by atoms with E-state index in [0.29, 0.717) is 11.4 Å². The van der Waals surface area contributed by atoms with Crippen LogP contribution in [-0.4, -0.2) is 43.5 Å². The molecule has 2 aromatic carbocycles. The molecule has 0 aliphatic carbocycles. The van der Waals surface area contributed by atoms with Crippen LogP contribution >= 0.6 is 0 Å². The Bertz CT molecular complexity index is 784. The Balaban J connectivity index is 1.86. The van der Waals surface area contributed by atoms with E-state index in [1.807, 2.05) is 49.4 Å². The van der Waals surface area contributed by atoms with Crippen LogP contribution in [0.3, 0.4) is 0 Å². The van der Waals surface area contributed by atoms with E-state index < -0.39 is 6.10 Å². The molecule has 0 spiro atoms. The Morgan fingerprint density at radius 1 is 1.12 bits per heavy atom. The van der Waals surface area contributed by atoms with Gasteiger partial charge in [-0.3, -0.25) is 9.59 Å². The number of rotatable bonds is 3. The highest BCUT2D eigenvalue weighted by molar-refractivity contribution is 5.98. The van der Waals surface area contributed by atoms with E-state index in [-0.39, 0.29) is 24.8 Å². The van der Waals surface area contributed by atoms with E-state index in [9.17, 15) is 9.59 Å². The predicted octanol–water partition coefficient (Wildman–Crippen LogP) is 2.42. The van der Waals surface area contributed by atoms with Crippen molar-refractivity contribution in [1.82, 2.24) is 4.90 Å². The molecule has 0 fully saturated rings. The molecule has 2 amide bonds. The van der Waals surface area contributed by atoms with Crippen LogP contribution in [0.2, 0.25) is 0 Å². The topological polar surface area (TPSA) is 49.9 Å². The number of nitrogens with zero attached hydrogens (tertiary/aromatic N) is 2. The normalized spacial score (nSPS) is 16.0. The number of carbonyl (C=O) groups is 2. The molecule has 0 saturated carbocycles. The van der Waals surface area contributed by atoms with Crippen molar-refractivity contribution < 1.29 is 14.3 Å². The second kappa shape index (κ2) is 6.97. The van der Waals surface area contributed by atoms with Crippen molar-refractivity contribution in [1.29, 1.82) is 0 Å². The highest BCUT2D eigenvalue weighted by Gasteiger charge is 2.34. The Labute approximate surface area is 147 Å². The number of likely N-dealkylation sites (N-methyl/N-ethyl adjacent to an activating group) is 1. The number of fused-ring (bicyclic) bond motifs is 1. The number of amides is 2. The molecule has 0 N–H and O–H groups in total. The molecule has 0 aromatic heterocycles. The van der Waals surface area contributed by atoms with E-state index in [1.165, 1.54) is 4.90 Å². The molecule has 1 heterocycles. The fraction of sp³-hybridized carbons (Fsp3) is 0.300. The highest BCUT2D eigenvalue weighted by Crippen LogP contribution is 2.33. The van der Waals surface area contributed by atoms with Crippen LogP contribution in [0.15, 0.2) is 48.5 Å². The molecule has 130 valence electrons. The third-order valence-corrected chi connectivity index (χ3v) is 4.27. The van der Waals surface area contributed by atoms with Crippen molar-refractivity contribution in [3.05, 3.63) is 59.7 Å². The minimum Gasteiger partial charge on any atom is -0.476 e. The molecular formula is C20H22N2O3. The number of hydrogen-bond acceptors (Lipinski definition) is 3. The fourth-order valence-corrected chi connectivity index (χ4v) is 2.86. The van der Waals surface area contributed by atoms with Crippen molar-refractivity contribution in [2.75, 3.05) is 25.5 Å². The zero-order valence-corrected chi connectivity index (χ0v) is 14.7. The van der Waals surface area contributed by atoms with E-state index in [0.717, 1.165) is 11.1 Å². The summed E-state index contributed by atoms with van der Waals surface area (Å²) in [5.74, 6) is 0.366. The van der Waals surface area contributed by atoms with Crippen LogP contribution in [0.25, 0.3) is 0 Å². The summed E-state index contributed by atoms with van der Waals surface area (Å²) in [5.41, 5.74) is 2.82. The highest BCUT2D eigenvalue weighted by atomic mass is 16.5. The zero-order chi connectivity index (χ0) is 18.0. The van der Waals surface area contributed by atoms with Gasteiger partial charge in [-0.15, -0.1) is 0 Å². The van der Waals surface area contributed by atoms with Crippen LogP contribution in [0.1, 0.15) is 11.1 Å². The van der Waals surface area contributed by atoms with Crippen molar-refractivity contribution in [2.45, 2.75) is 19.4 Å². The smallest absolute Gasteiger partial charge is 0.265 e. The van der Waals surface area contributed by atoms with Gasteiger partial charge >= 0.3 is 0 Å². The number of ether oxygens (including phenoxy) is 1. The number of para-hydroxylation sites is 2. The summed E-state index contributed by atoms with van der Waals surface area (Å²) in [6.07, 6.45) is -0.399. The minimum absolute atomic E-state index is 0.0452. The summed E-state index contributed by atoms with van der Waals surface area (Å²) in [6.45, 7) is 2.24. The average molecular weight is 338 g/mol. The standard InChI is InChI=1S/C20H22N2O3/c1-14-8-10-15(11-9-14)12-19(23)22-13-18(20(24)21(2)3)25-17-7-5-4-6-16(17)22/h4-11,18H,12-13H2,1-3H3. The molecular weight excluding hydrogens is 316 g/mol. The number of aryl methyl sites for hydroxylation is 1. The number of benzene rings is 2. The number of anilines is 1. The maximum absolute atomic E-state index is 12.9. The molecule has 1 atom stereocenters. The molecule has 0 radical (unpaired) electrons. The van der Waals surface area contributed by atoms with Crippen molar-refractivity contribution >= 4 is 17.5 Å². The van der Waals surface area contributed by atoms with E-state index in [4.69, 9.17) is 4.74 Å². The Kier molecular flexibility index (Phi) is 4.74. The van der Waals surface area contributed by atoms with Gasteiger partial charge in [-0.2, -0.15) is 0 Å². The third-order valence-electron chi connectivity index (χ3n) is 4.27. The lowest BCUT2D eigenvalue weighted by atomic mass is 10.1. The van der Waals surface area contributed by atoms with Gasteiger partial charge in [0, 0.05) is 14.1 Å². The van der Waals surface area contributed by atoms with Gasteiger partial charge in [0.05, 0.1) is 18.7 Å². The lowest BCUT2D eigenvalue weighted by molar-refractivity contribution is -0.136. The average Bonchev–Trinajstić information content (AvgIpc) is 2.61. The SMILES string of the molecule is Cc1ccc(CC(=O)N2CC(C(=O)N(C)C)Oc3ccccc32)cc1. The molecule has 1 unspecified atom stereocenters. The largest absolute Gasteiger partial charge is 0.476 e. The first-order valence-electron chi connectivity index (χ1n) is 8.28. The summed E-state index contributed by atoms with van der Waals surface area (Å²) in [6, 6.07) is 15.2. The van der Waals surface area contributed by atoms with Crippen LogP contribution < -0.4 is 9.64 Å². The Hall–Kier alpha value is -2.82. The van der Waals surface area contributed by atoms with Gasteiger partial charge in [0.15, 0.2) is 6.10 Å². The molecule has 5 nitrogen and oxygen atoms in total. The first kappa shape index (κ1) is 17.0. The second-order valence-electron chi connectivity index (χ2n) is 6.47. The van der Waals surface area contributed by atoms with Gasteiger partial charge in [-0.25, -0.2) is 0 Å². The second-order valence-corrected chi connectivity index (χ2v) is 6.47. The van der Waals surface area contributed by atoms with E-state index in [2.05, 4.69) is 0 Å². The van der Waals surface area contributed by atoms with E-state index in [1.54, 1.807) is 25.1 Å². The van der Waals surface area contributed by atoms with Gasteiger partial charge in [-0.05, 0) is 24.6 Å². The Morgan fingerprint density at radius 2 is 1.80 bits per heavy atom. The van der Waals surface area contributed by atoms with Crippen molar-refractivity contribution in [3.63, 3.8) is 0 Å². The zero-order valence-electron chi connectivity index (χ0n) is 14.7. The first-order chi connectivity index (χ1) is 12.0. The molecule has 25 heavy (non-hydrogen) atoms. The summed E-state index contributed by atoms with van der Waals surface area (Å²) >= 11 is 0. The summed E-state index contributed by atoms with van der Waals surface area (Å²) in [5, 5.41) is 0. The van der Waals surface area contributed by atoms with Gasteiger partial charge < -0.3 is 14.5 Å². The van der Waals surface area contributed by atoms with Crippen molar-refractivity contribution in [3.8, 4) is 5.75 Å². The van der Waals surface area contributed by atoms with Crippen LogP contribution in [0.4, 0.5) is 5.69 Å². The summed E-state index contributed by atoms with van der Waals surface area (Å²) in [7, 11) is 3.37.